The highest BCUT2D eigenvalue weighted by molar-refractivity contribution is 8.15. The Morgan fingerprint density at radius 3 is 2.37 bits per heavy atom. The fourth-order valence-corrected chi connectivity index (χ4v) is 3.01. The largest absolute Gasteiger partial charge is 0.496 e. The van der Waals surface area contributed by atoms with Crippen LogP contribution in [0.4, 0.5) is 22.0 Å². The number of halogens is 5. The van der Waals surface area contributed by atoms with Gasteiger partial charge in [0.25, 0.3) is 0 Å². The van der Waals surface area contributed by atoms with Crippen LogP contribution in [0.25, 0.3) is 0 Å². The van der Waals surface area contributed by atoms with Gasteiger partial charge in [0.2, 0.25) is 35.0 Å². The number of hydrogen-bond donors (Lipinski definition) is 1. The second kappa shape index (κ2) is 9.11. The minimum atomic E-state index is -2.27. The maximum atomic E-state index is 13.8. The SMILES string of the molecule is COc1ccc(C=NN=C2NC(=O)CS2)cc1COc1c(F)c(F)c(F)c(F)c1F. The molecule has 3 rings (SSSR count). The lowest BCUT2D eigenvalue weighted by Crippen LogP contribution is -2.19. The smallest absolute Gasteiger partial charge is 0.236 e. The Hall–Kier alpha value is -3.15. The second-order valence-corrected chi connectivity index (χ2v) is 6.71. The summed E-state index contributed by atoms with van der Waals surface area (Å²) < 4.78 is 77.3. The van der Waals surface area contributed by atoms with Crippen molar-refractivity contribution in [2.24, 2.45) is 10.2 Å². The summed E-state index contributed by atoms with van der Waals surface area (Å²) in [5, 5.41) is 10.5. The van der Waals surface area contributed by atoms with E-state index in [1.807, 2.05) is 0 Å². The number of carbonyl (C=O) groups excluding carboxylic acids is 1. The van der Waals surface area contributed by atoms with Gasteiger partial charge in [-0.15, -0.1) is 5.10 Å². The highest BCUT2D eigenvalue weighted by Crippen LogP contribution is 2.30. The summed E-state index contributed by atoms with van der Waals surface area (Å²) in [4.78, 5) is 11.1. The second-order valence-electron chi connectivity index (χ2n) is 5.75. The van der Waals surface area contributed by atoms with Gasteiger partial charge >= 0.3 is 0 Å². The average Bonchev–Trinajstić information content (AvgIpc) is 3.16. The number of nitrogens with zero attached hydrogens (tertiary/aromatic N) is 2. The minimum Gasteiger partial charge on any atom is -0.496 e. The van der Waals surface area contributed by atoms with Crippen molar-refractivity contribution in [2.45, 2.75) is 6.61 Å². The quantitative estimate of drug-likeness (QED) is 0.243. The summed E-state index contributed by atoms with van der Waals surface area (Å²) in [6.45, 7) is -0.552. The summed E-state index contributed by atoms with van der Waals surface area (Å²) in [7, 11) is 1.33. The number of carbonyl (C=O) groups is 1. The monoisotopic (exact) mass is 445 g/mol. The Bertz CT molecular complexity index is 1030. The summed E-state index contributed by atoms with van der Waals surface area (Å²) in [5.74, 6) is -11.7. The topological polar surface area (TPSA) is 72.3 Å². The van der Waals surface area contributed by atoms with Crippen molar-refractivity contribution < 1.29 is 36.2 Å². The molecule has 0 spiro atoms. The van der Waals surface area contributed by atoms with Gasteiger partial charge in [-0.3, -0.25) is 4.79 Å². The molecule has 6 nitrogen and oxygen atoms in total. The lowest BCUT2D eigenvalue weighted by molar-refractivity contribution is -0.116. The predicted molar refractivity (Wildman–Crippen MR) is 99.2 cm³/mol. The van der Waals surface area contributed by atoms with Crippen LogP contribution in [0.5, 0.6) is 11.5 Å². The van der Waals surface area contributed by atoms with Crippen molar-refractivity contribution in [1.82, 2.24) is 5.32 Å². The normalized spacial score (nSPS) is 15.1. The number of benzene rings is 2. The highest BCUT2D eigenvalue weighted by atomic mass is 32.2. The highest BCUT2D eigenvalue weighted by Gasteiger charge is 2.27. The van der Waals surface area contributed by atoms with Gasteiger partial charge in [-0.1, -0.05) is 11.8 Å². The molecule has 1 heterocycles. The van der Waals surface area contributed by atoms with Crippen molar-refractivity contribution in [3.8, 4) is 11.5 Å². The lowest BCUT2D eigenvalue weighted by atomic mass is 10.1. The molecule has 1 saturated heterocycles. The van der Waals surface area contributed by atoms with Crippen LogP contribution < -0.4 is 14.8 Å². The van der Waals surface area contributed by atoms with E-state index in [4.69, 9.17) is 9.47 Å². The fourth-order valence-electron chi connectivity index (χ4n) is 2.38. The Labute approximate surface area is 170 Å². The molecule has 0 saturated carbocycles. The molecule has 0 aromatic heterocycles. The molecule has 2 aromatic carbocycles. The first-order chi connectivity index (χ1) is 14.3. The first-order valence-electron chi connectivity index (χ1n) is 8.16. The van der Waals surface area contributed by atoms with E-state index >= 15 is 0 Å². The Kier molecular flexibility index (Phi) is 6.55. The number of ether oxygens (including phenoxy) is 2. The van der Waals surface area contributed by atoms with Crippen LogP contribution >= 0.6 is 11.8 Å². The van der Waals surface area contributed by atoms with E-state index in [1.165, 1.54) is 37.2 Å². The van der Waals surface area contributed by atoms with E-state index in [9.17, 15) is 26.7 Å². The number of rotatable bonds is 6. The van der Waals surface area contributed by atoms with Gasteiger partial charge in [-0.05, 0) is 23.8 Å². The molecule has 1 amide bonds. The molecule has 0 atom stereocenters. The minimum absolute atomic E-state index is 0.189. The standard InChI is InChI=1S/C18H12F5N3O3S/c1-28-10-3-2-8(5-24-26-18-25-11(27)7-30-18)4-9(10)6-29-17-15(22)13(20)12(19)14(21)16(17)23/h2-5H,6-7H2,1H3,(H,25,26,27). The van der Waals surface area contributed by atoms with Crippen LogP contribution in [0.15, 0.2) is 28.4 Å². The van der Waals surface area contributed by atoms with E-state index in [-0.39, 0.29) is 23.0 Å². The van der Waals surface area contributed by atoms with Crippen LogP contribution in [-0.2, 0) is 11.4 Å². The molecule has 0 unspecified atom stereocenters. The molecule has 2 aromatic rings. The van der Waals surface area contributed by atoms with Crippen LogP contribution in [-0.4, -0.2) is 30.2 Å². The third-order valence-corrected chi connectivity index (χ3v) is 4.65. The lowest BCUT2D eigenvalue weighted by Gasteiger charge is -2.13. The van der Waals surface area contributed by atoms with E-state index < -0.39 is 41.4 Å². The number of hydrogen-bond acceptors (Lipinski definition) is 6. The van der Waals surface area contributed by atoms with Crippen LogP contribution in [0, 0.1) is 29.1 Å². The summed E-state index contributed by atoms with van der Waals surface area (Å²) >= 11 is 1.18. The van der Waals surface area contributed by atoms with Gasteiger partial charge in [-0.2, -0.15) is 13.9 Å². The summed E-state index contributed by atoms with van der Waals surface area (Å²) in [6.07, 6.45) is 1.33. The number of amidine groups is 1. The zero-order valence-electron chi connectivity index (χ0n) is 15.1. The molecule has 1 fully saturated rings. The Balaban J connectivity index is 1.81. The molecular weight excluding hydrogens is 433 g/mol. The molecule has 12 heteroatoms. The molecule has 0 radical (unpaired) electrons. The first kappa shape index (κ1) is 21.6. The zero-order valence-corrected chi connectivity index (χ0v) is 16.0. The fraction of sp³-hybridized carbons (Fsp3) is 0.167. The van der Waals surface area contributed by atoms with Crippen LogP contribution in [0.2, 0.25) is 0 Å². The van der Waals surface area contributed by atoms with Gasteiger partial charge < -0.3 is 14.8 Å². The number of methoxy groups -OCH3 is 1. The number of nitrogens with one attached hydrogen (secondary N) is 1. The van der Waals surface area contributed by atoms with E-state index in [1.54, 1.807) is 6.07 Å². The third-order valence-electron chi connectivity index (χ3n) is 3.79. The first-order valence-corrected chi connectivity index (χ1v) is 9.15. The van der Waals surface area contributed by atoms with Crippen molar-refractivity contribution in [3.05, 3.63) is 58.4 Å². The van der Waals surface area contributed by atoms with Crippen LogP contribution in [0.3, 0.4) is 0 Å². The van der Waals surface area contributed by atoms with Crippen molar-refractivity contribution in [3.63, 3.8) is 0 Å². The third kappa shape index (κ3) is 4.53. The molecule has 1 aliphatic heterocycles. The zero-order chi connectivity index (χ0) is 21.8. The summed E-state index contributed by atoms with van der Waals surface area (Å²) in [5.41, 5.74) is 0.729. The van der Waals surface area contributed by atoms with Gasteiger partial charge in [0.1, 0.15) is 12.4 Å². The van der Waals surface area contributed by atoms with Crippen molar-refractivity contribution >= 4 is 29.1 Å². The van der Waals surface area contributed by atoms with Crippen molar-refractivity contribution in [1.29, 1.82) is 0 Å². The van der Waals surface area contributed by atoms with Crippen LogP contribution in [0.1, 0.15) is 11.1 Å². The molecule has 0 aliphatic carbocycles. The maximum absolute atomic E-state index is 13.8. The molecule has 30 heavy (non-hydrogen) atoms. The maximum Gasteiger partial charge on any atom is 0.236 e. The van der Waals surface area contributed by atoms with E-state index in [2.05, 4.69) is 15.5 Å². The van der Waals surface area contributed by atoms with Gasteiger partial charge in [0.15, 0.2) is 10.9 Å². The van der Waals surface area contributed by atoms with Gasteiger partial charge in [-0.25, -0.2) is 13.2 Å². The average molecular weight is 445 g/mol. The number of amides is 1. The van der Waals surface area contributed by atoms with E-state index in [0.29, 0.717) is 10.7 Å². The Morgan fingerprint density at radius 2 is 1.77 bits per heavy atom. The molecule has 1 N–H and O–H groups in total. The Morgan fingerprint density at radius 1 is 1.10 bits per heavy atom. The van der Waals surface area contributed by atoms with Crippen molar-refractivity contribution in [2.75, 3.05) is 12.9 Å². The van der Waals surface area contributed by atoms with Gasteiger partial charge in [0, 0.05) is 5.56 Å². The molecule has 0 bridgehead atoms. The molecular formula is C18H12F5N3O3S. The number of thioether (sulfide) groups is 1. The summed E-state index contributed by atoms with van der Waals surface area (Å²) in [6, 6.07) is 4.55. The molecule has 1 aliphatic rings. The van der Waals surface area contributed by atoms with E-state index in [0.717, 1.165) is 0 Å². The molecule has 158 valence electrons. The van der Waals surface area contributed by atoms with Gasteiger partial charge in [0.05, 0.1) is 19.1 Å². The predicted octanol–water partition coefficient (Wildman–Crippen LogP) is 3.52.